The van der Waals surface area contributed by atoms with Crippen LogP contribution in [-0.2, 0) is 13.0 Å². The third-order valence-corrected chi connectivity index (χ3v) is 4.66. The number of nitrogens with one attached hydrogen (secondary N) is 1. The van der Waals surface area contributed by atoms with Crippen LogP contribution in [-0.4, -0.2) is 46.5 Å². The van der Waals surface area contributed by atoms with E-state index in [-0.39, 0.29) is 5.69 Å². The molecule has 0 spiro atoms. The van der Waals surface area contributed by atoms with E-state index in [1.807, 2.05) is 36.4 Å². The quantitative estimate of drug-likeness (QED) is 0.384. The lowest BCUT2D eigenvalue weighted by atomic mass is 10.2. The Morgan fingerprint density at radius 2 is 1.77 bits per heavy atom. The fraction of sp³-hybridized carbons (Fsp3) is 0.273. The highest BCUT2D eigenvalue weighted by Gasteiger charge is 2.12. The van der Waals surface area contributed by atoms with E-state index in [2.05, 4.69) is 20.2 Å². The maximum absolute atomic E-state index is 11.0. The predicted molar refractivity (Wildman–Crippen MR) is 116 cm³/mol. The second kappa shape index (κ2) is 10.9. The van der Waals surface area contributed by atoms with Gasteiger partial charge in [0.1, 0.15) is 5.75 Å². The number of nitro benzene ring substituents is 1. The maximum atomic E-state index is 11.0. The zero-order valence-corrected chi connectivity index (χ0v) is 16.9. The second-order valence-corrected chi connectivity index (χ2v) is 6.74. The standard InChI is InChI=1S/C22H25N5O3/c1-30-22-16-20(27(28)29)8-9-21(22)25-13-15-26(17-19-7-3-5-12-24-19)14-10-18-6-2-4-11-23-18/h2-9,11-12,16,25H,10,13-15,17H2,1H3. The molecule has 3 rings (SSSR count). The van der Waals surface area contributed by atoms with E-state index in [1.165, 1.54) is 19.2 Å². The molecule has 156 valence electrons. The Morgan fingerprint density at radius 1 is 1.03 bits per heavy atom. The number of methoxy groups -OCH3 is 1. The Balaban J connectivity index is 1.61. The molecule has 0 bridgehead atoms. The number of hydrogen-bond acceptors (Lipinski definition) is 7. The molecule has 0 saturated carbocycles. The molecule has 2 aromatic heterocycles. The van der Waals surface area contributed by atoms with Crippen LogP contribution in [0.2, 0.25) is 0 Å². The van der Waals surface area contributed by atoms with Crippen LogP contribution < -0.4 is 10.1 Å². The molecule has 0 aliphatic carbocycles. The van der Waals surface area contributed by atoms with Gasteiger partial charge in [-0.25, -0.2) is 0 Å². The number of nitrogens with zero attached hydrogens (tertiary/aromatic N) is 4. The lowest BCUT2D eigenvalue weighted by Gasteiger charge is -2.22. The fourth-order valence-electron chi connectivity index (χ4n) is 3.10. The molecule has 2 heterocycles. The molecule has 0 unspecified atom stereocenters. The van der Waals surface area contributed by atoms with Gasteiger partial charge in [-0.2, -0.15) is 0 Å². The summed E-state index contributed by atoms with van der Waals surface area (Å²) in [6.45, 7) is 2.99. The summed E-state index contributed by atoms with van der Waals surface area (Å²) in [7, 11) is 1.50. The number of hydrogen-bond donors (Lipinski definition) is 1. The van der Waals surface area contributed by atoms with E-state index >= 15 is 0 Å². The summed E-state index contributed by atoms with van der Waals surface area (Å²) in [6, 6.07) is 16.4. The summed E-state index contributed by atoms with van der Waals surface area (Å²) in [5.74, 6) is 0.453. The van der Waals surface area contributed by atoms with Gasteiger partial charge in [-0.05, 0) is 30.3 Å². The minimum absolute atomic E-state index is 0.00420. The molecule has 30 heavy (non-hydrogen) atoms. The first-order chi connectivity index (χ1) is 14.7. The largest absolute Gasteiger partial charge is 0.494 e. The topological polar surface area (TPSA) is 93.4 Å². The second-order valence-electron chi connectivity index (χ2n) is 6.74. The Morgan fingerprint density at radius 3 is 2.40 bits per heavy atom. The van der Waals surface area contributed by atoms with Crippen LogP contribution in [0.25, 0.3) is 0 Å². The van der Waals surface area contributed by atoms with Crippen molar-refractivity contribution < 1.29 is 9.66 Å². The van der Waals surface area contributed by atoms with Gasteiger partial charge in [0.25, 0.3) is 5.69 Å². The van der Waals surface area contributed by atoms with E-state index in [0.29, 0.717) is 12.3 Å². The van der Waals surface area contributed by atoms with Crippen LogP contribution in [0.1, 0.15) is 11.4 Å². The van der Waals surface area contributed by atoms with Crippen LogP contribution in [0.5, 0.6) is 5.75 Å². The normalized spacial score (nSPS) is 10.7. The lowest BCUT2D eigenvalue weighted by Crippen LogP contribution is -2.31. The molecule has 1 aromatic carbocycles. The van der Waals surface area contributed by atoms with Crippen molar-refractivity contribution in [3.05, 3.63) is 88.5 Å². The molecular formula is C22H25N5O3. The highest BCUT2D eigenvalue weighted by Crippen LogP contribution is 2.28. The first kappa shape index (κ1) is 21.2. The smallest absolute Gasteiger partial charge is 0.273 e. The number of non-ortho nitro benzene ring substituents is 1. The molecule has 0 radical (unpaired) electrons. The van der Waals surface area contributed by atoms with E-state index in [0.717, 1.165) is 43.1 Å². The van der Waals surface area contributed by atoms with E-state index < -0.39 is 4.92 Å². The van der Waals surface area contributed by atoms with Gasteiger partial charge in [0.2, 0.25) is 0 Å². The van der Waals surface area contributed by atoms with Crippen LogP contribution >= 0.6 is 0 Å². The molecule has 0 fully saturated rings. The lowest BCUT2D eigenvalue weighted by molar-refractivity contribution is -0.384. The predicted octanol–water partition coefficient (Wildman–Crippen LogP) is 3.55. The molecule has 1 N–H and O–H groups in total. The van der Waals surface area contributed by atoms with Crippen molar-refractivity contribution in [1.29, 1.82) is 0 Å². The third kappa shape index (κ3) is 6.25. The van der Waals surface area contributed by atoms with Crippen molar-refractivity contribution in [2.45, 2.75) is 13.0 Å². The summed E-state index contributed by atoms with van der Waals surface area (Å²) in [4.78, 5) is 21.7. The monoisotopic (exact) mass is 407 g/mol. The molecule has 0 amide bonds. The first-order valence-electron chi connectivity index (χ1n) is 9.74. The van der Waals surface area contributed by atoms with Crippen molar-refractivity contribution >= 4 is 11.4 Å². The fourth-order valence-corrected chi connectivity index (χ4v) is 3.10. The molecule has 8 heteroatoms. The average Bonchev–Trinajstić information content (AvgIpc) is 2.78. The van der Waals surface area contributed by atoms with Crippen molar-refractivity contribution in [2.24, 2.45) is 0 Å². The van der Waals surface area contributed by atoms with Crippen molar-refractivity contribution in [3.63, 3.8) is 0 Å². The molecule has 0 saturated heterocycles. The molecule has 8 nitrogen and oxygen atoms in total. The van der Waals surface area contributed by atoms with Crippen LogP contribution in [0.15, 0.2) is 67.0 Å². The molecule has 0 aliphatic heterocycles. The van der Waals surface area contributed by atoms with Gasteiger partial charge in [-0.1, -0.05) is 12.1 Å². The number of ether oxygens (including phenoxy) is 1. The van der Waals surface area contributed by atoms with Gasteiger partial charge in [0.05, 0.1) is 29.5 Å². The maximum Gasteiger partial charge on any atom is 0.273 e. The number of benzene rings is 1. The van der Waals surface area contributed by atoms with Crippen LogP contribution in [0.4, 0.5) is 11.4 Å². The highest BCUT2D eigenvalue weighted by atomic mass is 16.6. The number of anilines is 1. The number of rotatable bonds is 11. The summed E-state index contributed by atoms with van der Waals surface area (Å²) in [5.41, 5.74) is 2.79. The van der Waals surface area contributed by atoms with Crippen molar-refractivity contribution in [2.75, 3.05) is 32.1 Å². The number of aromatic nitrogens is 2. The van der Waals surface area contributed by atoms with Crippen molar-refractivity contribution in [1.82, 2.24) is 14.9 Å². The van der Waals surface area contributed by atoms with E-state index in [1.54, 1.807) is 18.5 Å². The van der Waals surface area contributed by atoms with Gasteiger partial charge < -0.3 is 10.1 Å². The number of nitro groups is 1. The van der Waals surface area contributed by atoms with Gasteiger partial charge in [-0.3, -0.25) is 25.0 Å². The Kier molecular flexibility index (Phi) is 7.68. The van der Waals surface area contributed by atoms with Crippen molar-refractivity contribution in [3.8, 4) is 5.75 Å². The Labute approximate surface area is 175 Å². The third-order valence-electron chi connectivity index (χ3n) is 4.66. The molecule has 0 atom stereocenters. The Hall–Kier alpha value is -3.52. The highest BCUT2D eigenvalue weighted by molar-refractivity contribution is 5.60. The van der Waals surface area contributed by atoms with Gasteiger partial charge >= 0.3 is 0 Å². The van der Waals surface area contributed by atoms with Gasteiger partial charge in [0.15, 0.2) is 0 Å². The van der Waals surface area contributed by atoms with Crippen LogP contribution in [0.3, 0.4) is 0 Å². The summed E-state index contributed by atoms with van der Waals surface area (Å²) >= 11 is 0. The SMILES string of the molecule is COc1cc([N+](=O)[O-])ccc1NCCN(CCc1ccccn1)Cc1ccccn1. The van der Waals surface area contributed by atoms with Gasteiger partial charge in [-0.15, -0.1) is 0 Å². The molecule has 3 aromatic rings. The average molecular weight is 407 g/mol. The summed E-state index contributed by atoms with van der Waals surface area (Å²) in [6.07, 6.45) is 4.45. The minimum atomic E-state index is -0.432. The zero-order valence-electron chi connectivity index (χ0n) is 16.9. The summed E-state index contributed by atoms with van der Waals surface area (Å²) in [5, 5.41) is 14.3. The molecule has 0 aliphatic rings. The van der Waals surface area contributed by atoms with E-state index in [4.69, 9.17) is 4.74 Å². The van der Waals surface area contributed by atoms with Gasteiger partial charge in [0, 0.05) is 56.8 Å². The molecular weight excluding hydrogens is 382 g/mol. The summed E-state index contributed by atoms with van der Waals surface area (Å²) < 4.78 is 5.30. The van der Waals surface area contributed by atoms with Crippen LogP contribution in [0, 0.1) is 10.1 Å². The zero-order chi connectivity index (χ0) is 21.2. The minimum Gasteiger partial charge on any atom is -0.494 e. The van der Waals surface area contributed by atoms with E-state index in [9.17, 15) is 10.1 Å². The first-order valence-corrected chi connectivity index (χ1v) is 9.74. The number of pyridine rings is 2. The Bertz CT molecular complexity index is 938.